The molecule has 0 saturated heterocycles. The second-order valence-electron chi connectivity index (χ2n) is 7.20. The van der Waals surface area contributed by atoms with Crippen LogP contribution in [0.4, 0.5) is 0 Å². The minimum Gasteiger partial charge on any atom is -0.386 e. The molecule has 3 heterocycles. The summed E-state index contributed by atoms with van der Waals surface area (Å²) < 4.78 is 7.08. The fourth-order valence-corrected chi connectivity index (χ4v) is 3.75. The molecule has 2 aromatic rings. The number of nitrogens with zero attached hydrogens (tertiary/aromatic N) is 4. The van der Waals surface area contributed by atoms with Gasteiger partial charge in [-0.05, 0) is 45.1 Å². The molecule has 0 radical (unpaired) electrons. The molecule has 1 amide bonds. The molecule has 25 heavy (non-hydrogen) atoms. The third kappa shape index (κ3) is 2.86. The molecule has 1 aliphatic carbocycles. The van der Waals surface area contributed by atoms with Crippen molar-refractivity contribution in [3.05, 3.63) is 34.5 Å². The van der Waals surface area contributed by atoms with Crippen molar-refractivity contribution in [3.63, 3.8) is 0 Å². The number of amides is 1. The smallest absolute Gasteiger partial charge is 0.259 e. The number of hydrogen-bond donors (Lipinski definition) is 1. The Labute approximate surface area is 146 Å². The van der Waals surface area contributed by atoms with E-state index in [1.165, 1.54) is 6.42 Å². The molecule has 1 aliphatic heterocycles. The van der Waals surface area contributed by atoms with Crippen LogP contribution in [0.25, 0.3) is 0 Å². The molecule has 0 aromatic carbocycles. The first-order valence-corrected chi connectivity index (χ1v) is 9.01. The first-order chi connectivity index (χ1) is 12.0. The van der Waals surface area contributed by atoms with Crippen molar-refractivity contribution in [3.8, 4) is 0 Å². The Hall–Kier alpha value is -2.15. The topological polar surface area (TPSA) is 84.4 Å². The summed E-state index contributed by atoms with van der Waals surface area (Å²) in [5.41, 5.74) is 2.90. The maximum absolute atomic E-state index is 12.9. The fraction of sp³-hybridized carbons (Fsp3) is 0.611. The third-order valence-electron chi connectivity index (χ3n) is 5.47. The van der Waals surface area contributed by atoms with E-state index in [1.54, 1.807) is 13.8 Å². The van der Waals surface area contributed by atoms with Gasteiger partial charge in [-0.2, -0.15) is 5.10 Å². The number of rotatable bonds is 3. The largest absolute Gasteiger partial charge is 0.386 e. The predicted octanol–water partition coefficient (Wildman–Crippen LogP) is 2.37. The van der Waals surface area contributed by atoms with Crippen LogP contribution in [0.2, 0.25) is 0 Å². The highest BCUT2D eigenvalue weighted by atomic mass is 16.5. The predicted molar refractivity (Wildman–Crippen MR) is 89.9 cm³/mol. The number of aliphatic hydroxyl groups excluding tert-OH is 1. The van der Waals surface area contributed by atoms with Crippen LogP contribution in [0.5, 0.6) is 0 Å². The lowest BCUT2D eigenvalue weighted by atomic mass is 9.80. The van der Waals surface area contributed by atoms with Gasteiger partial charge < -0.3 is 14.5 Å². The van der Waals surface area contributed by atoms with Crippen LogP contribution in [0.1, 0.15) is 65.0 Å². The third-order valence-corrected chi connectivity index (χ3v) is 5.47. The molecule has 1 saturated carbocycles. The molecule has 7 nitrogen and oxygen atoms in total. The Kier molecular flexibility index (Phi) is 4.11. The first-order valence-electron chi connectivity index (χ1n) is 9.01. The summed E-state index contributed by atoms with van der Waals surface area (Å²) in [7, 11) is 0. The van der Waals surface area contributed by atoms with Gasteiger partial charge >= 0.3 is 0 Å². The van der Waals surface area contributed by atoms with Crippen molar-refractivity contribution in [2.24, 2.45) is 5.92 Å². The van der Waals surface area contributed by atoms with Crippen LogP contribution >= 0.6 is 0 Å². The van der Waals surface area contributed by atoms with Crippen LogP contribution in [0.3, 0.4) is 0 Å². The Morgan fingerprint density at radius 1 is 1.32 bits per heavy atom. The van der Waals surface area contributed by atoms with E-state index in [1.807, 2.05) is 15.6 Å². The van der Waals surface area contributed by atoms with Crippen molar-refractivity contribution < 1.29 is 14.4 Å². The van der Waals surface area contributed by atoms with Gasteiger partial charge in [0.1, 0.15) is 17.4 Å². The average molecular weight is 344 g/mol. The minimum absolute atomic E-state index is 0.0491. The van der Waals surface area contributed by atoms with E-state index in [0.717, 1.165) is 37.2 Å². The van der Waals surface area contributed by atoms with Gasteiger partial charge in [0.2, 0.25) is 0 Å². The Balaban J connectivity index is 1.56. The number of carbonyl (C=O) groups excluding carboxylic acids is 1. The Morgan fingerprint density at radius 3 is 2.76 bits per heavy atom. The van der Waals surface area contributed by atoms with Crippen LogP contribution in [-0.4, -0.2) is 37.4 Å². The molecule has 134 valence electrons. The zero-order valence-corrected chi connectivity index (χ0v) is 14.7. The van der Waals surface area contributed by atoms with Crippen LogP contribution in [0.15, 0.2) is 10.6 Å². The van der Waals surface area contributed by atoms with Crippen LogP contribution < -0.4 is 0 Å². The molecule has 0 spiro atoms. The summed E-state index contributed by atoms with van der Waals surface area (Å²) in [6.07, 6.45) is 3.68. The number of aryl methyl sites for hydroxylation is 3. The summed E-state index contributed by atoms with van der Waals surface area (Å²) in [5, 5.41) is 19.0. The highest BCUT2D eigenvalue weighted by Gasteiger charge is 2.31. The summed E-state index contributed by atoms with van der Waals surface area (Å²) in [5.74, 6) is 0.840. The molecular formula is C18H24N4O3. The van der Waals surface area contributed by atoms with Crippen LogP contribution in [-0.2, 0) is 13.1 Å². The van der Waals surface area contributed by atoms with E-state index in [0.29, 0.717) is 36.0 Å². The Morgan fingerprint density at radius 2 is 2.12 bits per heavy atom. The number of aliphatic hydroxyl groups is 1. The normalized spacial score (nSPS) is 19.2. The summed E-state index contributed by atoms with van der Waals surface area (Å²) in [6.45, 7) is 5.49. The molecule has 2 aliphatic rings. The van der Waals surface area contributed by atoms with E-state index in [-0.39, 0.29) is 5.91 Å². The molecule has 4 rings (SSSR count). The summed E-state index contributed by atoms with van der Waals surface area (Å²) in [6, 6.07) is 1.96. The van der Waals surface area contributed by atoms with Gasteiger partial charge in [0.05, 0.1) is 23.6 Å². The first kappa shape index (κ1) is 16.3. The average Bonchev–Trinajstić information content (AvgIpc) is 3.01. The van der Waals surface area contributed by atoms with E-state index < -0.39 is 6.10 Å². The molecular weight excluding hydrogens is 320 g/mol. The highest BCUT2D eigenvalue weighted by molar-refractivity contribution is 5.96. The summed E-state index contributed by atoms with van der Waals surface area (Å²) in [4.78, 5) is 14.7. The number of aromatic nitrogens is 3. The monoisotopic (exact) mass is 344 g/mol. The second kappa shape index (κ2) is 6.29. The number of fused-ring (bicyclic) bond motifs is 1. The lowest BCUT2D eigenvalue weighted by Gasteiger charge is -2.29. The molecule has 1 fully saturated rings. The molecule has 0 bridgehead atoms. The van der Waals surface area contributed by atoms with E-state index in [9.17, 15) is 9.90 Å². The maximum atomic E-state index is 12.9. The quantitative estimate of drug-likeness (QED) is 0.924. The highest BCUT2D eigenvalue weighted by Crippen LogP contribution is 2.37. The van der Waals surface area contributed by atoms with E-state index >= 15 is 0 Å². The standard InChI is InChI=1S/C18H24N4O3/c1-11-16(12(2)25-20-11)18(24)21-7-4-8-22-14(10-21)9-15(19-22)17(23)13-5-3-6-13/h9,13,17,23H,3-8,10H2,1-2H3/t17-/m0/s1. The van der Waals surface area contributed by atoms with E-state index in [2.05, 4.69) is 10.3 Å². The van der Waals surface area contributed by atoms with Gasteiger partial charge in [0.15, 0.2) is 0 Å². The Bertz CT molecular complexity index is 771. The molecule has 0 unspecified atom stereocenters. The fourth-order valence-electron chi connectivity index (χ4n) is 3.75. The van der Waals surface area contributed by atoms with Gasteiger partial charge in [0, 0.05) is 13.1 Å². The summed E-state index contributed by atoms with van der Waals surface area (Å²) >= 11 is 0. The zero-order chi connectivity index (χ0) is 17.6. The SMILES string of the molecule is Cc1noc(C)c1C(=O)N1CCCn2nc([C@@H](O)C3CCC3)cc2C1. The number of hydrogen-bond acceptors (Lipinski definition) is 5. The van der Waals surface area contributed by atoms with E-state index in [4.69, 9.17) is 4.52 Å². The van der Waals surface area contributed by atoms with Crippen LogP contribution in [0, 0.1) is 19.8 Å². The van der Waals surface area contributed by atoms with Gasteiger partial charge in [-0.1, -0.05) is 11.6 Å². The van der Waals surface area contributed by atoms with Gasteiger partial charge in [-0.25, -0.2) is 0 Å². The van der Waals surface area contributed by atoms with Gasteiger partial charge in [-0.15, -0.1) is 0 Å². The van der Waals surface area contributed by atoms with Crippen molar-refractivity contribution in [2.45, 2.75) is 58.7 Å². The van der Waals surface area contributed by atoms with Gasteiger partial charge in [0.25, 0.3) is 5.91 Å². The van der Waals surface area contributed by atoms with Gasteiger partial charge in [-0.3, -0.25) is 9.48 Å². The molecule has 7 heteroatoms. The lowest BCUT2D eigenvalue weighted by molar-refractivity contribution is 0.0580. The minimum atomic E-state index is -0.486. The maximum Gasteiger partial charge on any atom is 0.259 e. The van der Waals surface area contributed by atoms with Crippen molar-refractivity contribution >= 4 is 5.91 Å². The molecule has 2 aromatic heterocycles. The number of carbonyl (C=O) groups is 1. The zero-order valence-electron chi connectivity index (χ0n) is 14.7. The second-order valence-corrected chi connectivity index (χ2v) is 7.20. The lowest BCUT2D eigenvalue weighted by Crippen LogP contribution is -2.31. The molecule has 1 N–H and O–H groups in total. The molecule has 1 atom stereocenters. The van der Waals surface area contributed by atoms with Crippen molar-refractivity contribution in [1.82, 2.24) is 19.8 Å². The van der Waals surface area contributed by atoms with Crippen molar-refractivity contribution in [2.75, 3.05) is 6.54 Å². The van der Waals surface area contributed by atoms with Crippen molar-refractivity contribution in [1.29, 1.82) is 0 Å².